The maximum absolute atomic E-state index is 15.1. The number of aromatic nitrogens is 6. The molecule has 4 aromatic heterocycles. The van der Waals surface area contributed by atoms with Crippen molar-refractivity contribution in [1.82, 2.24) is 29.2 Å². The van der Waals surface area contributed by atoms with Crippen molar-refractivity contribution in [3.05, 3.63) is 83.5 Å². The van der Waals surface area contributed by atoms with E-state index in [1.165, 1.54) is 122 Å². The average molecular weight is 1100 g/mol. The molecule has 5 aromatic rings. The van der Waals surface area contributed by atoms with Crippen LogP contribution < -0.4 is 11.5 Å². The van der Waals surface area contributed by atoms with Crippen LogP contribution in [-0.2, 0) is 54.9 Å². The minimum atomic E-state index is -5.02. The van der Waals surface area contributed by atoms with Crippen LogP contribution in [-0.4, -0.2) is 125 Å². The molecular formula is C53H71FN11O12P. The van der Waals surface area contributed by atoms with Crippen LogP contribution in [0, 0.1) is 39.8 Å². The lowest BCUT2D eigenvalue weighted by molar-refractivity contribution is -0.0803. The summed E-state index contributed by atoms with van der Waals surface area (Å²) in [6, 6.07) is 15.4. The van der Waals surface area contributed by atoms with Crippen molar-refractivity contribution >= 4 is 30.5 Å². The fourth-order valence-corrected chi connectivity index (χ4v) is 11.0. The van der Waals surface area contributed by atoms with E-state index in [1.807, 2.05) is 18.2 Å². The van der Waals surface area contributed by atoms with E-state index in [1.54, 1.807) is 0 Å². The SMILES string of the molecule is CCCCCCCCCCCCCCCCCCOC[C@H](COP(=O)(OC[C@H]1O[C@@](C#N)(c2ccc3c(N)ncnn23)[C@H](O)[C@@H]1O)OC[C@H]1O[C@@](C#N)(c2ccc3c(N)ncnn23)[C@H](O)[C@@H]1O)OCc1ccc(C#N)cc1F. The molecule has 0 amide bonds. The number of fused-ring (bicyclic) bond motifs is 2. The Labute approximate surface area is 452 Å². The summed E-state index contributed by atoms with van der Waals surface area (Å²) in [4.78, 5) is 7.88. The molecule has 2 aliphatic rings. The van der Waals surface area contributed by atoms with Crippen LogP contribution >= 0.6 is 7.82 Å². The lowest BCUT2D eigenvalue weighted by Crippen LogP contribution is -2.41. The van der Waals surface area contributed by atoms with Crippen molar-refractivity contribution < 1.29 is 61.9 Å². The number of nitrogens with zero attached hydrogens (tertiary/aromatic N) is 9. The summed E-state index contributed by atoms with van der Waals surface area (Å²) in [6.45, 7) is -0.206. The topological polar surface area (TPSA) is 346 Å². The summed E-state index contributed by atoms with van der Waals surface area (Å²) in [6.07, 6.45) is 9.76. The Hall–Kier alpha value is -5.75. The van der Waals surface area contributed by atoms with Gasteiger partial charge in [0.05, 0.1) is 56.1 Å². The quantitative estimate of drug-likeness (QED) is 0.0197. The number of aliphatic hydroxyl groups excluding tert-OH is 4. The molecule has 0 bridgehead atoms. The number of anilines is 2. The zero-order valence-electron chi connectivity index (χ0n) is 43.9. The summed E-state index contributed by atoms with van der Waals surface area (Å²) < 4.78 is 74.1. The Kier molecular flexibility index (Phi) is 21.8. The Balaban J connectivity index is 1.02. The molecule has 1 aromatic carbocycles. The number of phosphoric ester groups is 1. The van der Waals surface area contributed by atoms with Gasteiger partial charge < -0.3 is 50.8 Å². The zero-order valence-corrected chi connectivity index (χ0v) is 44.7. The van der Waals surface area contributed by atoms with Gasteiger partial charge >= 0.3 is 7.82 Å². The third kappa shape index (κ3) is 14.2. The molecule has 0 unspecified atom stereocenters. The van der Waals surface area contributed by atoms with Gasteiger partial charge in [0.15, 0.2) is 11.6 Å². The first-order chi connectivity index (χ1) is 37.7. The predicted octanol–water partition coefficient (Wildman–Crippen LogP) is 6.35. The Bertz CT molecular complexity index is 2780. The Morgan fingerprint density at radius 3 is 1.62 bits per heavy atom. The molecule has 0 radical (unpaired) electrons. The molecule has 25 heteroatoms. The molecule has 0 saturated carbocycles. The van der Waals surface area contributed by atoms with Gasteiger partial charge in [-0.15, -0.1) is 0 Å². The average Bonchev–Trinajstić information content (AvgIpc) is 4.32. The molecule has 23 nitrogen and oxygen atoms in total. The number of nitrogens with two attached hydrogens (primary N) is 2. The van der Waals surface area contributed by atoms with E-state index in [4.69, 9.17) is 44.0 Å². The summed E-state index contributed by atoms with van der Waals surface area (Å²) in [5.74, 6) is -0.595. The van der Waals surface area contributed by atoms with Crippen molar-refractivity contribution in [2.45, 2.75) is 170 Å². The van der Waals surface area contributed by atoms with E-state index >= 15 is 4.39 Å². The van der Waals surface area contributed by atoms with E-state index in [2.05, 4.69) is 27.1 Å². The normalized spacial score (nSPS) is 23.7. The third-order valence-corrected chi connectivity index (χ3v) is 15.7. The molecule has 9 atom stereocenters. The number of aliphatic hydroxyl groups is 4. The van der Waals surface area contributed by atoms with Crippen molar-refractivity contribution in [2.24, 2.45) is 0 Å². The second kappa shape index (κ2) is 28.4. The number of nitriles is 3. The molecule has 78 heavy (non-hydrogen) atoms. The lowest BCUT2D eigenvalue weighted by atomic mass is 9.92. The number of rotatable bonds is 33. The number of hydrogen-bond donors (Lipinski definition) is 6. The second-order valence-corrected chi connectivity index (χ2v) is 21.4. The number of benzene rings is 1. The van der Waals surface area contributed by atoms with Gasteiger partial charge in [-0.25, -0.2) is 28.0 Å². The van der Waals surface area contributed by atoms with E-state index in [0.717, 1.165) is 44.4 Å². The van der Waals surface area contributed by atoms with Crippen molar-refractivity contribution in [3.63, 3.8) is 0 Å². The molecule has 0 spiro atoms. The number of hydrogen-bond acceptors (Lipinski definition) is 21. The van der Waals surface area contributed by atoms with Crippen LogP contribution in [0.15, 0.2) is 55.1 Å². The number of halogens is 1. The molecule has 2 fully saturated rings. The van der Waals surface area contributed by atoms with Crippen LogP contribution in [0.5, 0.6) is 0 Å². The van der Waals surface area contributed by atoms with Crippen LogP contribution in [0.3, 0.4) is 0 Å². The number of unbranched alkanes of at least 4 members (excludes halogenated alkanes) is 15. The van der Waals surface area contributed by atoms with Crippen molar-refractivity contribution in [3.8, 4) is 18.2 Å². The highest BCUT2D eigenvalue weighted by atomic mass is 31.2. The number of phosphoric acid groups is 1. The van der Waals surface area contributed by atoms with Crippen LogP contribution in [0.1, 0.15) is 132 Å². The van der Waals surface area contributed by atoms with Gasteiger partial charge in [0, 0.05) is 12.2 Å². The number of ether oxygens (including phenoxy) is 4. The van der Waals surface area contributed by atoms with Gasteiger partial charge in [-0.3, -0.25) is 13.6 Å². The molecule has 0 aliphatic carbocycles. The predicted molar refractivity (Wildman–Crippen MR) is 279 cm³/mol. The third-order valence-electron chi connectivity index (χ3n) is 14.3. The maximum Gasteiger partial charge on any atom is 0.475 e. The van der Waals surface area contributed by atoms with E-state index in [9.17, 15) is 40.8 Å². The second-order valence-electron chi connectivity index (χ2n) is 19.8. The van der Waals surface area contributed by atoms with E-state index < -0.39 is 87.4 Å². The zero-order chi connectivity index (χ0) is 55.7. The monoisotopic (exact) mass is 1100 g/mol. The summed E-state index contributed by atoms with van der Waals surface area (Å²) >= 11 is 0. The van der Waals surface area contributed by atoms with Gasteiger partial charge in [-0.05, 0) is 42.8 Å². The first-order valence-corrected chi connectivity index (χ1v) is 28.2. The molecule has 7 rings (SSSR count). The highest BCUT2D eigenvalue weighted by Gasteiger charge is 2.59. The standard InChI is InChI=1S/C53H71FN11O12P/c1-2-3-4-5-6-7-8-9-10-11-12-13-14-15-16-17-24-71-28-38(72-27-37-19-18-36(26-55)25-39(37)54)29-73-78(70,74-30-42-46(66)48(68)52(32-56,76-42)44-22-20-40-50(58)60-34-62-64(40)44)75-31-43-47(67)49(69)53(33-57,77-43)45-23-21-41-51(59)61-35-63-65(41)45/h18-23,25,34-35,38,42-43,46-49,66-69H,2-17,24,27-31H2,1H3,(H2,58,60,62)(H2,59,61,63)/t38-,42-,43-,46-,47-,48-,49-,52+,53+/m1/s1. The van der Waals surface area contributed by atoms with Gasteiger partial charge in [0.2, 0.25) is 11.2 Å². The largest absolute Gasteiger partial charge is 0.475 e. The highest BCUT2D eigenvalue weighted by Crippen LogP contribution is 2.52. The summed E-state index contributed by atoms with van der Waals surface area (Å²) in [7, 11) is -5.02. The van der Waals surface area contributed by atoms with Gasteiger partial charge in [0.25, 0.3) is 0 Å². The molecule has 6 heterocycles. The fraction of sp³-hybridized carbons (Fsp3) is 0.604. The minimum absolute atomic E-state index is 0.0195. The Morgan fingerprint density at radius 1 is 0.692 bits per heavy atom. The fourth-order valence-electron chi connectivity index (χ4n) is 9.77. The van der Waals surface area contributed by atoms with Crippen LogP contribution in [0.2, 0.25) is 0 Å². The van der Waals surface area contributed by atoms with Crippen molar-refractivity contribution in [2.75, 3.05) is 44.5 Å². The van der Waals surface area contributed by atoms with E-state index in [0.29, 0.717) is 6.61 Å². The lowest BCUT2D eigenvalue weighted by Gasteiger charge is -2.26. The first-order valence-electron chi connectivity index (χ1n) is 26.7. The molecule has 8 N–H and O–H groups in total. The van der Waals surface area contributed by atoms with Crippen LogP contribution in [0.4, 0.5) is 16.0 Å². The number of nitrogen functional groups attached to an aromatic ring is 2. The molecular weight excluding hydrogens is 1030 g/mol. The Morgan fingerprint density at radius 2 is 1.17 bits per heavy atom. The van der Waals surface area contributed by atoms with Gasteiger partial charge in [-0.2, -0.15) is 26.0 Å². The van der Waals surface area contributed by atoms with Crippen LogP contribution in [0.25, 0.3) is 11.0 Å². The van der Waals surface area contributed by atoms with Gasteiger partial charge in [-0.1, -0.05) is 109 Å². The van der Waals surface area contributed by atoms with Crippen molar-refractivity contribution in [1.29, 1.82) is 15.8 Å². The molecule has 2 saturated heterocycles. The summed E-state index contributed by atoms with van der Waals surface area (Å²) in [5, 5.41) is 84.1. The highest BCUT2D eigenvalue weighted by molar-refractivity contribution is 7.48. The molecule has 422 valence electrons. The summed E-state index contributed by atoms with van der Waals surface area (Å²) in [5.41, 5.74) is 8.19. The maximum atomic E-state index is 15.1. The van der Waals surface area contributed by atoms with Gasteiger partial charge in [0.1, 0.15) is 84.4 Å². The smallest absolute Gasteiger partial charge is 0.387 e. The first kappa shape index (κ1) is 59.9. The molecule has 2 aliphatic heterocycles. The van der Waals surface area contributed by atoms with E-state index in [-0.39, 0.29) is 58.4 Å². The minimum Gasteiger partial charge on any atom is -0.387 e.